The van der Waals surface area contributed by atoms with Gasteiger partial charge in [-0.1, -0.05) is 0 Å². The highest BCUT2D eigenvalue weighted by Gasteiger charge is 2.19. The number of nitrogens with two attached hydrogens (primary N) is 1. The molecule has 10 nitrogen and oxygen atoms in total. The molecule has 0 aromatic heterocycles. The molecule has 154 valence electrons. The summed E-state index contributed by atoms with van der Waals surface area (Å²) in [6, 6.07) is 3.01. The second kappa shape index (κ2) is 8.50. The van der Waals surface area contributed by atoms with Crippen LogP contribution in [-0.2, 0) is 11.3 Å². The van der Waals surface area contributed by atoms with Gasteiger partial charge in [0.25, 0.3) is 5.56 Å². The van der Waals surface area contributed by atoms with Crippen molar-refractivity contribution in [2.75, 3.05) is 13.1 Å². The van der Waals surface area contributed by atoms with E-state index in [9.17, 15) is 14.4 Å². The Morgan fingerprint density at radius 2 is 1.97 bits per heavy atom. The summed E-state index contributed by atoms with van der Waals surface area (Å²) < 4.78 is 1.82. The van der Waals surface area contributed by atoms with Crippen LogP contribution in [0.2, 0.25) is 0 Å². The van der Waals surface area contributed by atoms with Crippen molar-refractivity contribution in [2.24, 2.45) is 5.73 Å². The predicted molar refractivity (Wildman–Crippen MR) is 108 cm³/mol. The molecule has 29 heavy (non-hydrogen) atoms. The van der Waals surface area contributed by atoms with E-state index in [4.69, 9.17) is 10.8 Å². The summed E-state index contributed by atoms with van der Waals surface area (Å²) in [5.74, 6) is -0.769. The third-order valence-electron chi connectivity index (χ3n) is 4.92. The quantitative estimate of drug-likeness (QED) is 0.304. The highest BCUT2D eigenvalue weighted by atomic mass is 16.4. The third kappa shape index (κ3) is 4.49. The lowest BCUT2D eigenvalue weighted by Crippen LogP contribution is -2.32. The van der Waals surface area contributed by atoms with E-state index in [0.717, 1.165) is 16.6 Å². The Hall–Kier alpha value is -3.11. The first-order chi connectivity index (χ1) is 13.8. The minimum absolute atomic E-state index is 0.118. The van der Waals surface area contributed by atoms with Gasteiger partial charge < -0.3 is 20.7 Å². The number of hydrogen-bond donors (Lipinski definition) is 4. The Kier molecular flexibility index (Phi) is 6.04. The predicted octanol–water partition coefficient (Wildman–Crippen LogP) is -0.0169. The number of carboxylic acids is 1. The van der Waals surface area contributed by atoms with Crippen LogP contribution in [0.5, 0.6) is 0 Å². The second-order valence-corrected chi connectivity index (χ2v) is 7.07. The lowest BCUT2D eigenvalue weighted by atomic mass is 10.1. The van der Waals surface area contributed by atoms with Crippen LogP contribution in [0.1, 0.15) is 24.0 Å². The third-order valence-corrected chi connectivity index (χ3v) is 4.92. The first-order valence-corrected chi connectivity index (χ1v) is 9.39. The van der Waals surface area contributed by atoms with Crippen molar-refractivity contribution >= 4 is 17.0 Å². The largest absolute Gasteiger partial charge is 0.480 e. The molecule has 0 spiro atoms. The standard InChI is InChI=1S/C19H24N6O4/c1-10-8-13-14(9-11(10)2)25(7-6-21-5-3-4-12(20)18(27)28)16-15(22-13)17(26)24-19(29)23-16/h8-9,12,21H,3-7,20H2,1-2H3,(H,27,28)(H,24,26,29)/t12-/m1/s1. The number of aromatic nitrogens is 4. The first kappa shape index (κ1) is 20.6. The topological polar surface area (TPSA) is 156 Å². The Bertz CT molecular complexity index is 1140. The number of aliphatic carboxylic acids is 1. The fourth-order valence-corrected chi connectivity index (χ4v) is 3.16. The van der Waals surface area contributed by atoms with Crippen molar-refractivity contribution in [3.8, 4) is 11.5 Å². The molecule has 0 saturated carbocycles. The molecule has 2 aliphatic rings. The van der Waals surface area contributed by atoms with E-state index in [1.54, 1.807) is 0 Å². The molecule has 0 fully saturated rings. The number of carboxylic acid groups (broad SMARTS) is 1. The molecule has 2 aliphatic heterocycles. The number of aryl methyl sites for hydroxylation is 2. The van der Waals surface area contributed by atoms with Gasteiger partial charge in [-0.25, -0.2) is 9.78 Å². The number of fused-ring (bicyclic) bond motifs is 2. The van der Waals surface area contributed by atoms with Gasteiger partial charge in [0, 0.05) is 13.1 Å². The zero-order valence-electron chi connectivity index (χ0n) is 16.4. The summed E-state index contributed by atoms with van der Waals surface area (Å²) in [5.41, 5.74) is 7.89. The van der Waals surface area contributed by atoms with Crippen LogP contribution < -0.4 is 22.3 Å². The minimum atomic E-state index is -1.01. The number of nitrogens with zero attached hydrogens (tertiary/aromatic N) is 3. The maximum Gasteiger partial charge on any atom is 0.349 e. The van der Waals surface area contributed by atoms with Crippen LogP contribution in [0.15, 0.2) is 21.7 Å². The van der Waals surface area contributed by atoms with Gasteiger partial charge in [0.2, 0.25) is 0 Å². The summed E-state index contributed by atoms with van der Waals surface area (Å²) in [5, 5.41) is 12.0. The molecular formula is C19H24N6O4. The smallest absolute Gasteiger partial charge is 0.349 e. The number of carbonyl (C=O) groups is 1. The van der Waals surface area contributed by atoms with Crippen LogP contribution in [0.25, 0.3) is 22.6 Å². The highest BCUT2D eigenvalue weighted by Crippen LogP contribution is 2.23. The molecule has 0 aliphatic carbocycles. The summed E-state index contributed by atoms with van der Waals surface area (Å²) in [6.07, 6.45) is 1.00. The molecular weight excluding hydrogens is 376 g/mol. The number of benzene rings is 1. The van der Waals surface area contributed by atoms with Crippen LogP contribution in [-0.4, -0.2) is 49.7 Å². The van der Waals surface area contributed by atoms with Crippen molar-refractivity contribution in [3.05, 3.63) is 44.1 Å². The normalized spacial score (nSPS) is 12.5. The monoisotopic (exact) mass is 400 g/mol. The van der Waals surface area contributed by atoms with Crippen LogP contribution in [0, 0.1) is 13.8 Å². The van der Waals surface area contributed by atoms with Gasteiger partial charge in [-0.05, 0) is 56.5 Å². The van der Waals surface area contributed by atoms with Crippen molar-refractivity contribution in [1.82, 2.24) is 24.8 Å². The number of aromatic amines is 1. The van der Waals surface area contributed by atoms with Crippen LogP contribution in [0.3, 0.4) is 0 Å². The van der Waals surface area contributed by atoms with Crippen LogP contribution >= 0.6 is 0 Å². The SMILES string of the molecule is Cc1cc2nc3c(=O)[nH]c(=O)nc-3n(CCNCCC[C@@H](N)C(=O)O)c2cc1C. The Balaban J connectivity index is 1.86. The van der Waals surface area contributed by atoms with Crippen molar-refractivity contribution in [2.45, 2.75) is 39.3 Å². The number of rotatable bonds is 8. The molecule has 10 heteroatoms. The van der Waals surface area contributed by atoms with Gasteiger partial charge in [-0.2, -0.15) is 4.98 Å². The lowest BCUT2D eigenvalue weighted by Gasteiger charge is -2.18. The van der Waals surface area contributed by atoms with Crippen molar-refractivity contribution < 1.29 is 9.90 Å². The average molecular weight is 400 g/mol. The minimum Gasteiger partial charge on any atom is -0.480 e. The van der Waals surface area contributed by atoms with Gasteiger partial charge >= 0.3 is 11.7 Å². The lowest BCUT2D eigenvalue weighted by molar-refractivity contribution is -0.138. The van der Waals surface area contributed by atoms with Gasteiger partial charge in [0.15, 0.2) is 11.5 Å². The second-order valence-electron chi connectivity index (χ2n) is 7.07. The fourth-order valence-electron chi connectivity index (χ4n) is 3.16. The average Bonchev–Trinajstić information content (AvgIpc) is 2.65. The molecule has 0 amide bonds. The van der Waals surface area contributed by atoms with Gasteiger partial charge in [0.1, 0.15) is 6.04 Å². The zero-order valence-corrected chi connectivity index (χ0v) is 16.4. The number of hydrogen-bond acceptors (Lipinski definition) is 7. The van der Waals surface area contributed by atoms with Crippen molar-refractivity contribution in [3.63, 3.8) is 0 Å². The van der Waals surface area contributed by atoms with E-state index in [-0.39, 0.29) is 11.5 Å². The fraction of sp³-hybridized carbons (Fsp3) is 0.421. The maximum absolute atomic E-state index is 12.2. The van der Waals surface area contributed by atoms with Gasteiger partial charge in [0.05, 0.1) is 11.0 Å². The summed E-state index contributed by atoms with van der Waals surface area (Å²) >= 11 is 0. The number of H-pyrrole nitrogens is 1. The molecule has 0 radical (unpaired) electrons. The van der Waals surface area contributed by atoms with E-state index in [1.807, 2.05) is 30.5 Å². The van der Waals surface area contributed by atoms with Gasteiger partial charge in [-0.15, -0.1) is 0 Å². The molecule has 0 bridgehead atoms. The van der Waals surface area contributed by atoms with E-state index in [2.05, 4.69) is 20.3 Å². The molecule has 1 atom stereocenters. The van der Waals surface area contributed by atoms with Crippen LogP contribution in [0.4, 0.5) is 0 Å². The maximum atomic E-state index is 12.2. The summed E-state index contributed by atoms with van der Waals surface area (Å²) in [6.45, 7) is 5.55. The Morgan fingerprint density at radius 1 is 1.24 bits per heavy atom. The summed E-state index contributed by atoms with van der Waals surface area (Å²) in [4.78, 5) is 45.3. The Labute approximate surface area is 166 Å². The van der Waals surface area contributed by atoms with E-state index < -0.39 is 23.3 Å². The summed E-state index contributed by atoms with van der Waals surface area (Å²) in [7, 11) is 0. The van der Waals surface area contributed by atoms with E-state index in [0.29, 0.717) is 38.0 Å². The molecule has 5 N–H and O–H groups in total. The first-order valence-electron chi connectivity index (χ1n) is 9.39. The van der Waals surface area contributed by atoms with Crippen molar-refractivity contribution in [1.29, 1.82) is 0 Å². The molecule has 1 aromatic rings. The van der Waals surface area contributed by atoms with E-state index in [1.165, 1.54) is 0 Å². The molecule has 0 saturated heterocycles. The Morgan fingerprint density at radius 3 is 2.69 bits per heavy atom. The molecule has 2 heterocycles. The molecule has 0 unspecified atom stereocenters. The molecule has 1 aromatic carbocycles. The number of nitrogens with one attached hydrogen (secondary N) is 2. The molecule has 3 rings (SSSR count). The van der Waals surface area contributed by atoms with E-state index >= 15 is 0 Å². The zero-order chi connectivity index (χ0) is 21.1. The van der Waals surface area contributed by atoms with Gasteiger partial charge in [-0.3, -0.25) is 14.6 Å². The highest BCUT2D eigenvalue weighted by molar-refractivity contribution is 5.81.